The smallest absolute Gasteiger partial charge is 0.169 e. The monoisotopic (exact) mass is 503 g/mol. The van der Waals surface area contributed by atoms with E-state index in [1.54, 1.807) is 12.4 Å². The number of benzene rings is 2. The van der Waals surface area contributed by atoms with Crippen molar-refractivity contribution >= 4 is 11.6 Å². The Balaban J connectivity index is 1.24. The molecule has 10 heteroatoms. The van der Waals surface area contributed by atoms with Crippen molar-refractivity contribution in [3.63, 3.8) is 0 Å². The van der Waals surface area contributed by atoms with Gasteiger partial charge in [0.1, 0.15) is 11.6 Å². The second-order valence-electron chi connectivity index (χ2n) is 8.95. The van der Waals surface area contributed by atoms with E-state index < -0.39 is 11.6 Å². The van der Waals surface area contributed by atoms with Gasteiger partial charge >= 0.3 is 0 Å². The molecular formula is C27H27F2N7O. The highest BCUT2D eigenvalue weighted by molar-refractivity contribution is 5.65. The van der Waals surface area contributed by atoms with Gasteiger partial charge < -0.3 is 21.1 Å². The standard InChI is InChI=1S/C27H27F2N7O/c28-21-9-20(10-22(29)11-21)24-15-32-25(30)27(36-24)33-12-18-2-1-3-19(8-18)26-34-13-23(14-35-26)37-16-17-4-6-31-7-5-17/h1-3,8-11,13-15,17,31H,4-7,12,16H2,(H2,30,32)(H,33,36). The molecule has 0 aliphatic carbocycles. The number of anilines is 2. The number of hydrogen-bond acceptors (Lipinski definition) is 8. The molecule has 190 valence electrons. The molecule has 2 aromatic heterocycles. The molecule has 0 spiro atoms. The number of nitrogen functional groups attached to an aromatic ring is 1. The molecule has 2 aromatic carbocycles. The van der Waals surface area contributed by atoms with Crippen molar-refractivity contribution < 1.29 is 13.5 Å². The maximum atomic E-state index is 13.6. The lowest BCUT2D eigenvalue weighted by molar-refractivity contribution is 0.214. The van der Waals surface area contributed by atoms with Gasteiger partial charge in [-0.1, -0.05) is 18.2 Å². The van der Waals surface area contributed by atoms with Crippen LogP contribution in [0.25, 0.3) is 22.6 Å². The van der Waals surface area contributed by atoms with Crippen LogP contribution in [0.1, 0.15) is 18.4 Å². The molecule has 5 rings (SSSR count). The lowest BCUT2D eigenvalue weighted by Gasteiger charge is -2.22. The fraction of sp³-hybridized carbons (Fsp3) is 0.259. The predicted octanol–water partition coefficient (Wildman–Crippen LogP) is 4.45. The number of hydrogen-bond donors (Lipinski definition) is 3. The number of aromatic nitrogens is 4. The van der Waals surface area contributed by atoms with E-state index >= 15 is 0 Å². The van der Waals surface area contributed by atoms with Crippen LogP contribution in [-0.2, 0) is 6.54 Å². The van der Waals surface area contributed by atoms with Crippen LogP contribution < -0.4 is 21.1 Å². The highest BCUT2D eigenvalue weighted by atomic mass is 19.1. The van der Waals surface area contributed by atoms with E-state index in [2.05, 4.69) is 30.6 Å². The van der Waals surface area contributed by atoms with E-state index in [1.807, 2.05) is 24.3 Å². The fourth-order valence-corrected chi connectivity index (χ4v) is 4.18. The van der Waals surface area contributed by atoms with Crippen LogP contribution in [0.15, 0.2) is 61.1 Å². The number of nitrogens with zero attached hydrogens (tertiary/aromatic N) is 4. The summed E-state index contributed by atoms with van der Waals surface area (Å²) in [6.07, 6.45) is 7.01. The van der Waals surface area contributed by atoms with Gasteiger partial charge in [-0.2, -0.15) is 0 Å². The van der Waals surface area contributed by atoms with Gasteiger partial charge in [-0.15, -0.1) is 0 Å². The summed E-state index contributed by atoms with van der Waals surface area (Å²) in [5, 5.41) is 6.51. The van der Waals surface area contributed by atoms with Crippen molar-refractivity contribution in [1.29, 1.82) is 0 Å². The van der Waals surface area contributed by atoms with Crippen LogP contribution in [0, 0.1) is 17.6 Å². The average Bonchev–Trinajstić information content (AvgIpc) is 2.92. The zero-order chi connectivity index (χ0) is 25.6. The maximum absolute atomic E-state index is 13.6. The molecule has 0 unspecified atom stereocenters. The third-order valence-electron chi connectivity index (χ3n) is 6.18. The quantitative estimate of drug-likeness (QED) is 0.323. The molecule has 4 N–H and O–H groups in total. The van der Waals surface area contributed by atoms with Crippen LogP contribution in [0.4, 0.5) is 20.4 Å². The molecule has 0 atom stereocenters. The third kappa shape index (κ3) is 6.34. The number of halogens is 2. The number of ether oxygens (including phenoxy) is 1. The molecule has 0 bridgehead atoms. The fourth-order valence-electron chi connectivity index (χ4n) is 4.18. The normalized spacial score (nSPS) is 13.9. The molecule has 4 aromatic rings. The number of nitrogens with one attached hydrogen (secondary N) is 2. The number of rotatable bonds is 8. The Labute approximate surface area is 213 Å². The van der Waals surface area contributed by atoms with Gasteiger partial charge in [0.25, 0.3) is 0 Å². The summed E-state index contributed by atoms with van der Waals surface area (Å²) in [6.45, 7) is 3.14. The molecule has 0 radical (unpaired) electrons. The largest absolute Gasteiger partial charge is 0.490 e. The van der Waals surface area contributed by atoms with Crippen molar-refractivity contribution in [2.75, 3.05) is 30.7 Å². The first-order chi connectivity index (χ1) is 18.0. The molecule has 8 nitrogen and oxygen atoms in total. The number of nitrogens with two attached hydrogens (primary N) is 1. The Morgan fingerprint density at radius 1 is 0.946 bits per heavy atom. The predicted molar refractivity (Wildman–Crippen MR) is 138 cm³/mol. The van der Waals surface area contributed by atoms with Crippen molar-refractivity contribution in [2.24, 2.45) is 5.92 Å². The van der Waals surface area contributed by atoms with Crippen LogP contribution in [0.2, 0.25) is 0 Å². The van der Waals surface area contributed by atoms with E-state index in [4.69, 9.17) is 10.5 Å². The first kappa shape index (κ1) is 24.5. The minimum Gasteiger partial charge on any atom is -0.490 e. The van der Waals surface area contributed by atoms with Gasteiger partial charge in [0.15, 0.2) is 23.2 Å². The molecule has 0 saturated carbocycles. The molecular weight excluding hydrogens is 476 g/mol. The van der Waals surface area contributed by atoms with Crippen molar-refractivity contribution in [3.05, 3.63) is 78.3 Å². The SMILES string of the molecule is Nc1ncc(-c2cc(F)cc(F)c2)nc1NCc1cccc(-c2ncc(OCC3CCNCC3)cn2)c1. The molecule has 1 aliphatic rings. The summed E-state index contributed by atoms with van der Waals surface area (Å²) >= 11 is 0. The highest BCUT2D eigenvalue weighted by Crippen LogP contribution is 2.24. The zero-order valence-corrected chi connectivity index (χ0v) is 20.1. The molecule has 1 fully saturated rings. The van der Waals surface area contributed by atoms with Crippen LogP contribution >= 0.6 is 0 Å². The second-order valence-corrected chi connectivity index (χ2v) is 8.95. The Morgan fingerprint density at radius 2 is 1.70 bits per heavy atom. The second kappa shape index (κ2) is 11.3. The van der Waals surface area contributed by atoms with Gasteiger partial charge in [0.05, 0.1) is 30.9 Å². The summed E-state index contributed by atoms with van der Waals surface area (Å²) in [6, 6.07) is 11.0. The topological polar surface area (TPSA) is 111 Å². The molecule has 1 saturated heterocycles. The first-order valence-corrected chi connectivity index (χ1v) is 12.1. The first-order valence-electron chi connectivity index (χ1n) is 12.1. The number of piperidine rings is 1. The zero-order valence-electron chi connectivity index (χ0n) is 20.1. The Bertz CT molecular complexity index is 1340. The van der Waals surface area contributed by atoms with Crippen LogP contribution in [0.3, 0.4) is 0 Å². The summed E-state index contributed by atoms with van der Waals surface area (Å²) in [5.41, 5.74) is 8.35. The summed E-state index contributed by atoms with van der Waals surface area (Å²) < 4.78 is 33.1. The Hall–Kier alpha value is -4.18. The molecule has 0 amide bonds. The van der Waals surface area contributed by atoms with Gasteiger partial charge in [-0.05, 0) is 55.6 Å². The Morgan fingerprint density at radius 3 is 2.46 bits per heavy atom. The summed E-state index contributed by atoms with van der Waals surface area (Å²) in [7, 11) is 0. The van der Waals surface area contributed by atoms with E-state index in [0.29, 0.717) is 42.2 Å². The maximum Gasteiger partial charge on any atom is 0.169 e. The van der Waals surface area contributed by atoms with Gasteiger partial charge in [0, 0.05) is 23.7 Å². The van der Waals surface area contributed by atoms with Gasteiger partial charge in [-0.3, -0.25) is 0 Å². The van der Waals surface area contributed by atoms with Crippen LogP contribution in [0.5, 0.6) is 5.75 Å². The third-order valence-corrected chi connectivity index (χ3v) is 6.18. The molecule has 3 heterocycles. The minimum atomic E-state index is -0.691. The van der Waals surface area contributed by atoms with Gasteiger partial charge in [0.2, 0.25) is 0 Å². The Kier molecular flexibility index (Phi) is 7.46. The minimum absolute atomic E-state index is 0.181. The lowest BCUT2D eigenvalue weighted by Crippen LogP contribution is -2.30. The van der Waals surface area contributed by atoms with Crippen molar-refractivity contribution in [1.82, 2.24) is 25.3 Å². The molecule has 37 heavy (non-hydrogen) atoms. The van der Waals surface area contributed by atoms with E-state index in [-0.39, 0.29) is 11.4 Å². The highest BCUT2D eigenvalue weighted by Gasteiger charge is 2.14. The van der Waals surface area contributed by atoms with E-state index in [0.717, 1.165) is 43.1 Å². The average molecular weight is 504 g/mol. The lowest BCUT2D eigenvalue weighted by atomic mass is 9.99. The summed E-state index contributed by atoms with van der Waals surface area (Å²) in [4.78, 5) is 17.5. The van der Waals surface area contributed by atoms with Crippen LogP contribution in [-0.4, -0.2) is 39.6 Å². The van der Waals surface area contributed by atoms with E-state index in [1.165, 1.54) is 18.3 Å². The molecule has 1 aliphatic heterocycles. The summed E-state index contributed by atoms with van der Waals surface area (Å²) in [5.74, 6) is 0.920. The van der Waals surface area contributed by atoms with E-state index in [9.17, 15) is 8.78 Å². The van der Waals surface area contributed by atoms with Gasteiger partial charge in [-0.25, -0.2) is 28.7 Å². The van der Waals surface area contributed by atoms with Crippen molar-refractivity contribution in [2.45, 2.75) is 19.4 Å². The van der Waals surface area contributed by atoms with Crippen molar-refractivity contribution in [3.8, 4) is 28.4 Å².